The molecule has 0 aliphatic rings. The van der Waals surface area contributed by atoms with Gasteiger partial charge in [-0.1, -0.05) is 24.3 Å². The number of benzene rings is 2. The number of halogens is 1. The van der Waals surface area contributed by atoms with Crippen LogP contribution in [0.4, 0.5) is 4.39 Å². The van der Waals surface area contributed by atoms with Crippen LogP contribution >= 0.6 is 11.8 Å². The minimum atomic E-state index is -0.671. The molecule has 0 aliphatic carbocycles. The van der Waals surface area contributed by atoms with E-state index < -0.39 is 6.04 Å². The zero-order chi connectivity index (χ0) is 19.6. The number of para-hydroxylation sites is 1. The zero-order valence-corrected chi connectivity index (χ0v) is 16.1. The third-order valence-electron chi connectivity index (χ3n) is 3.96. The van der Waals surface area contributed by atoms with E-state index in [1.54, 1.807) is 48.2 Å². The molecule has 0 saturated carbocycles. The Kier molecular flexibility index (Phi) is 8.13. The van der Waals surface area contributed by atoms with E-state index in [0.717, 1.165) is 11.3 Å². The number of carbonyl (C=O) groups is 2. The molecular weight excluding hydrogens is 367 g/mol. The highest BCUT2D eigenvalue weighted by molar-refractivity contribution is 7.98. The first kappa shape index (κ1) is 20.8. The molecule has 0 bridgehead atoms. The second kappa shape index (κ2) is 10.6. The highest BCUT2D eigenvalue weighted by atomic mass is 32.2. The summed E-state index contributed by atoms with van der Waals surface area (Å²) >= 11 is 1.60. The summed E-state index contributed by atoms with van der Waals surface area (Å²) in [6, 6.07) is 12.1. The predicted octanol–water partition coefficient (Wildman–Crippen LogP) is 3.00. The summed E-state index contributed by atoms with van der Waals surface area (Å²) in [6.07, 6.45) is 2.44. The lowest BCUT2D eigenvalue weighted by atomic mass is 10.1. The Morgan fingerprint density at radius 2 is 1.85 bits per heavy atom. The van der Waals surface area contributed by atoms with Gasteiger partial charge >= 0.3 is 0 Å². The van der Waals surface area contributed by atoms with Gasteiger partial charge < -0.3 is 15.4 Å². The van der Waals surface area contributed by atoms with Crippen molar-refractivity contribution in [3.8, 4) is 5.75 Å². The normalized spacial score (nSPS) is 11.5. The van der Waals surface area contributed by atoms with Gasteiger partial charge in [-0.3, -0.25) is 9.59 Å². The summed E-state index contributed by atoms with van der Waals surface area (Å²) in [5, 5.41) is 5.58. The second-order valence-corrected chi connectivity index (χ2v) is 6.84. The van der Waals surface area contributed by atoms with E-state index in [4.69, 9.17) is 4.74 Å². The third-order valence-corrected chi connectivity index (χ3v) is 4.61. The fourth-order valence-electron chi connectivity index (χ4n) is 2.49. The minimum absolute atomic E-state index is 0.263. The van der Waals surface area contributed by atoms with Gasteiger partial charge in [0.2, 0.25) is 5.91 Å². The number of ether oxygens (including phenoxy) is 1. The second-order valence-electron chi connectivity index (χ2n) is 5.85. The van der Waals surface area contributed by atoms with Crippen LogP contribution in [0.5, 0.6) is 5.75 Å². The summed E-state index contributed by atoms with van der Waals surface area (Å²) in [5.41, 5.74) is 1.16. The van der Waals surface area contributed by atoms with E-state index in [1.165, 1.54) is 19.2 Å². The van der Waals surface area contributed by atoms with E-state index in [-0.39, 0.29) is 24.2 Å². The van der Waals surface area contributed by atoms with E-state index in [9.17, 15) is 14.0 Å². The van der Waals surface area contributed by atoms with Crippen molar-refractivity contribution in [2.24, 2.45) is 0 Å². The van der Waals surface area contributed by atoms with Gasteiger partial charge in [0.05, 0.1) is 12.7 Å². The first-order valence-corrected chi connectivity index (χ1v) is 9.89. The van der Waals surface area contributed by atoms with Crippen LogP contribution in [-0.4, -0.2) is 37.0 Å². The fourth-order valence-corrected chi connectivity index (χ4v) is 2.96. The van der Waals surface area contributed by atoms with E-state index in [0.29, 0.717) is 17.7 Å². The van der Waals surface area contributed by atoms with Crippen molar-refractivity contribution in [3.05, 3.63) is 65.5 Å². The molecule has 2 aromatic carbocycles. The number of nitrogens with one attached hydrogen (secondary N) is 2. The van der Waals surface area contributed by atoms with Crippen molar-refractivity contribution in [3.63, 3.8) is 0 Å². The number of amides is 2. The number of hydrogen-bond donors (Lipinski definition) is 2. The molecule has 0 radical (unpaired) electrons. The molecule has 0 aliphatic heterocycles. The lowest BCUT2D eigenvalue weighted by Gasteiger charge is -2.19. The molecule has 2 N–H and O–H groups in total. The van der Waals surface area contributed by atoms with Crippen molar-refractivity contribution in [1.82, 2.24) is 10.6 Å². The standard InChI is InChI=1S/C20H23FN2O3S/c1-26-18-6-4-3-5-16(18)19(24)23-17(11-12-27-2)20(25)22-13-14-7-9-15(21)10-8-14/h3-10,17H,11-13H2,1-2H3,(H,22,25)(H,23,24). The topological polar surface area (TPSA) is 67.4 Å². The molecule has 5 nitrogen and oxygen atoms in total. The largest absolute Gasteiger partial charge is 0.496 e. The Morgan fingerprint density at radius 1 is 1.15 bits per heavy atom. The molecule has 2 aromatic rings. The molecule has 144 valence electrons. The molecule has 0 aromatic heterocycles. The Balaban J connectivity index is 2.03. The molecule has 0 spiro atoms. The zero-order valence-electron chi connectivity index (χ0n) is 15.3. The predicted molar refractivity (Wildman–Crippen MR) is 105 cm³/mol. The van der Waals surface area contributed by atoms with Crippen LogP contribution in [0.3, 0.4) is 0 Å². The number of thioether (sulfide) groups is 1. The van der Waals surface area contributed by atoms with Gasteiger partial charge in [0.1, 0.15) is 17.6 Å². The monoisotopic (exact) mass is 390 g/mol. The molecule has 27 heavy (non-hydrogen) atoms. The van der Waals surface area contributed by atoms with Crippen molar-refractivity contribution in [2.75, 3.05) is 19.1 Å². The van der Waals surface area contributed by atoms with Crippen LogP contribution in [0.1, 0.15) is 22.3 Å². The average Bonchev–Trinajstić information content (AvgIpc) is 2.70. The van der Waals surface area contributed by atoms with Crippen molar-refractivity contribution < 1.29 is 18.7 Å². The summed E-state index contributed by atoms with van der Waals surface area (Å²) < 4.78 is 18.2. The number of rotatable bonds is 9. The number of methoxy groups -OCH3 is 1. The summed E-state index contributed by atoms with van der Waals surface area (Å²) in [7, 11) is 1.49. The SMILES string of the molecule is COc1ccccc1C(=O)NC(CCSC)C(=O)NCc1ccc(F)cc1. The first-order chi connectivity index (χ1) is 13.0. The quantitative estimate of drug-likeness (QED) is 0.691. The lowest BCUT2D eigenvalue weighted by molar-refractivity contribution is -0.123. The van der Waals surface area contributed by atoms with E-state index >= 15 is 0 Å². The van der Waals surface area contributed by atoms with Gasteiger partial charge in [0, 0.05) is 6.54 Å². The van der Waals surface area contributed by atoms with Crippen LogP contribution in [0.25, 0.3) is 0 Å². The van der Waals surface area contributed by atoms with Gasteiger partial charge in [-0.05, 0) is 48.3 Å². The summed E-state index contributed by atoms with van der Waals surface area (Å²) in [6.45, 7) is 0.263. The van der Waals surface area contributed by atoms with Crippen LogP contribution < -0.4 is 15.4 Å². The highest BCUT2D eigenvalue weighted by Gasteiger charge is 2.22. The van der Waals surface area contributed by atoms with E-state index in [1.807, 2.05) is 6.26 Å². The van der Waals surface area contributed by atoms with Gasteiger partial charge in [0.25, 0.3) is 5.91 Å². The fraction of sp³-hybridized carbons (Fsp3) is 0.300. The van der Waals surface area contributed by atoms with Crippen LogP contribution in [0.15, 0.2) is 48.5 Å². The Morgan fingerprint density at radius 3 is 2.52 bits per heavy atom. The Labute approximate surface area is 162 Å². The summed E-state index contributed by atoms with van der Waals surface area (Å²) in [5.74, 6) is 0.199. The van der Waals surface area contributed by atoms with Crippen LogP contribution in [0.2, 0.25) is 0 Å². The van der Waals surface area contributed by atoms with Gasteiger partial charge in [0.15, 0.2) is 0 Å². The Hall–Kier alpha value is -2.54. The molecule has 2 amide bonds. The molecule has 1 atom stereocenters. The maximum absolute atomic E-state index is 13.0. The van der Waals surface area contributed by atoms with Gasteiger partial charge in [-0.15, -0.1) is 0 Å². The Bertz CT molecular complexity index is 768. The van der Waals surface area contributed by atoms with E-state index in [2.05, 4.69) is 10.6 Å². The molecule has 0 saturated heterocycles. The van der Waals surface area contributed by atoms with Crippen LogP contribution in [0, 0.1) is 5.82 Å². The smallest absolute Gasteiger partial charge is 0.255 e. The number of carbonyl (C=O) groups excluding carboxylic acids is 2. The van der Waals surface area contributed by atoms with Crippen molar-refractivity contribution >= 4 is 23.6 Å². The van der Waals surface area contributed by atoms with Gasteiger partial charge in [-0.25, -0.2) is 4.39 Å². The molecular formula is C20H23FN2O3S. The third kappa shape index (κ3) is 6.29. The van der Waals surface area contributed by atoms with Crippen LogP contribution in [-0.2, 0) is 11.3 Å². The maximum Gasteiger partial charge on any atom is 0.255 e. The maximum atomic E-state index is 13.0. The minimum Gasteiger partial charge on any atom is -0.496 e. The van der Waals surface area contributed by atoms with Gasteiger partial charge in [-0.2, -0.15) is 11.8 Å². The molecule has 0 fully saturated rings. The summed E-state index contributed by atoms with van der Waals surface area (Å²) in [4.78, 5) is 25.2. The number of hydrogen-bond acceptors (Lipinski definition) is 4. The molecule has 1 unspecified atom stereocenters. The van der Waals surface area contributed by atoms with Crippen molar-refractivity contribution in [2.45, 2.75) is 19.0 Å². The lowest BCUT2D eigenvalue weighted by Crippen LogP contribution is -2.47. The average molecular weight is 390 g/mol. The molecule has 0 heterocycles. The molecule has 2 rings (SSSR count). The van der Waals surface area contributed by atoms with Crippen molar-refractivity contribution in [1.29, 1.82) is 0 Å². The molecule has 7 heteroatoms. The first-order valence-electron chi connectivity index (χ1n) is 8.50. The highest BCUT2D eigenvalue weighted by Crippen LogP contribution is 2.17.